The van der Waals surface area contributed by atoms with Crippen molar-refractivity contribution in [3.8, 4) is 10.4 Å². The van der Waals surface area contributed by atoms with Gasteiger partial charge in [0, 0.05) is 27.2 Å². The molecule has 0 radical (unpaired) electrons. The predicted molar refractivity (Wildman–Crippen MR) is 107 cm³/mol. The van der Waals surface area contributed by atoms with Gasteiger partial charge in [-0.25, -0.2) is 9.18 Å². The van der Waals surface area contributed by atoms with Gasteiger partial charge in [0.2, 0.25) is 5.91 Å². The average molecular weight is 381 g/mol. The molecule has 27 heavy (non-hydrogen) atoms. The largest absolute Gasteiger partial charge is 0.351 e. The maximum Gasteiger partial charge on any atom is 0.316 e. The van der Waals surface area contributed by atoms with Crippen molar-refractivity contribution >= 4 is 40.7 Å². The molecular formula is C20H16FN3O2S. The third kappa shape index (κ3) is 5.26. The summed E-state index contributed by atoms with van der Waals surface area (Å²) >= 11 is 1.50. The fourth-order valence-electron chi connectivity index (χ4n) is 2.37. The van der Waals surface area contributed by atoms with Crippen molar-refractivity contribution in [2.24, 2.45) is 5.73 Å². The van der Waals surface area contributed by atoms with Crippen LogP contribution in [0.4, 0.5) is 20.6 Å². The van der Waals surface area contributed by atoms with Gasteiger partial charge in [0.1, 0.15) is 5.82 Å². The minimum absolute atomic E-state index is 0.276. The highest BCUT2D eigenvalue weighted by atomic mass is 32.1. The van der Waals surface area contributed by atoms with Crippen LogP contribution in [0.3, 0.4) is 0 Å². The maximum atomic E-state index is 13.0. The number of urea groups is 1. The quantitative estimate of drug-likeness (QED) is 0.560. The van der Waals surface area contributed by atoms with E-state index >= 15 is 0 Å². The molecule has 2 aromatic carbocycles. The smallest absolute Gasteiger partial charge is 0.316 e. The third-order valence-corrected chi connectivity index (χ3v) is 4.65. The lowest BCUT2D eigenvalue weighted by molar-refractivity contribution is -0.111. The summed E-state index contributed by atoms with van der Waals surface area (Å²) in [6.07, 6.45) is 3.13. The van der Waals surface area contributed by atoms with Crippen LogP contribution in [0.25, 0.3) is 16.5 Å². The normalized spacial score (nSPS) is 10.7. The molecular weight excluding hydrogens is 365 g/mol. The molecule has 0 aliphatic rings. The SMILES string of the molecule is NC(=O)Nc1cccc(NC(=O)/C=C/c2ccc(-c3ccc(F)cc3)s2)c1. The first kappa shape index (κ1) is 18.3. The monoisotopic (exact) mass is 381 g/mol. The van der Waals surface area contributed by atoms with Gasteiger partial charge in [-0.15, -0.1) is 11.3 Å². The molecule has 4 N–H and O–H groups in total. The van der Waals surface area contributed by atoms with Crippen molar-refractivity contribution < 1.29 is 14.0 Å². The number of carbonyl (C=O) groups is 2. The number of amides is 3. The molecule has 3 rings (SSSR count). The van der Waals surface area contributed by atoms with Gasteiger partial charge >= 0.3 is 6.03 Å². The molecule has 0 atom stereocenters. The summed E-state index contributed by atoms with van der Waals surface area (Å²) in [5.74, 6) is -0.579. The summed E-state index contributed by atoms with van der Waals surface area (Å²) in [6.45, 7) is 0. The number of hydrogen-bond acceptors (Lipinski definition) is 3. The lowest BCUT2D eigenvalue weighted by atomic mass is 10.2. The summed E-state index contributed by atoms with van der Waals surface area (Å²) in [7, 11) is 0. The van der Waals surface area contributed by atoms with E-state index in [4.69, 9.17) is 5.73 Å². The zero-order chi connectivity index (χ0) is 19.2. The lowest BCUT2D eigenvalue weighted by Crippen LogP contribution is -2.19. The van der Waals surface area contributed by atoms with Crippen LogP contribution in [0, 0.1) is 5.82 Å². The van der Waals surface area contributed by atoms with Crippen molar-refractivity contribution in [3.05, 3.63) is 77.4 Å². The Balaban J connectivity index is 1.63. The number of benzene rings is 2. The number of nitrogens with one attached hydrogen (secondary N) is 2. The Bertz CT molecular complexity index is 996. The molecule has 0 bridgehead atoms. The maximum absolute atomic E-state index is 13.0. The molecule has 3 amide bonds. The zero-order valence-corrected chi connectivity index (χ0v) is 14.9. The van der Waals surface area contributed by atoms with E-state index in [1.54, 1.807) is 42.5 Å². The summed E-state index contributed by atoms with van der Waals surface area (Å²) < 4.78 is 13.0. The van der Waals surface area contributed by atoms with Gasteiger partial charge in [0.05, 0.1) is 0 Å². The van der Waals surface area contributed by atoms with E-state index in [1.165, 1.54) is 29.5 Å². The second-order valence-corrected chi connectivity index (χ2v) is 6.72. The minimum Gasteiger partial charge on any atom is -0.351 e. The van der Waals surface area contributed by atoms with Crippen LogP contribution >= 0.6 is 11.3 Å². The number of thiophene rings is 1. The van der Waals surface area contributed by atoms with Crippen LogP contribution in [-0.4, -0.2) is 11.9 Å². The van der Waals surface area contributed by atoms with E-state index in [-0.39, 0.29) is 11.7 Å². The molecule has 0 saturated carbocycles. The third-order valence-electron chi connectivity index (χ3n) is 3.55. The van der Waals surface area contributed by atoms with Gasteiger partial charge in [0.25, 0.3) is 0 Å². The van der Waals surface area contributed by atoms with Crippen LogP contribution < -0.4 is 16.4 Å². The molecule has 3 aromatic rings. The topological polar surface area (TPSA) is 84.2 Å². The number of primary amides is 1. The number of anilines is 2. The average Bonchev–Trinajstić information content (AvgIpc) is 3.09. The van der Waals surface area contributed by atoms with Crippen molar-refractivity contribution in [3.63, 3.8) is 0 Å². The standard InChI is InChI=1S/C20H16FN3O2S/c21-14-6-4-13(5-7-14)18-10-8-17(27-18)9-11-19(25)23-15-2-1-3-16(12-15)24-20(22)26/h1-12H,(H,23,25)(H3,22,24,26)/b11-9+. The molecule has 7 heteroatoms. The molecule has 5 nitrogen and oxygen atoms in total. The van der Waals surface area contributed by atoms with Crippen molar-refractivity contribution in [2.75, 3.05) is 10.6 Å². The van der Waals surface area contributed by atoms with E-state index in [9.17, 15) is 14.0 Å². The highest BCUT2D eigenvalue weighted by molar-refractivity contribution is 7.16. The van der Waals surface area contributed by atoms with Gasteiger partial charge in [-0.3, -0.25) is 4.79 Å². The molecule has 0 spiro atoms. The molecule has 136 valence electrons. The van der Waals surface area contributed by atoms with Crippen molar-refractivity contribution in [1.82, 2.24) is 0 Å². The lowest BCUT2D eigenvalue weighted by Gasteiger charge is -2.05. The van der Waals surface area contributed by atoms with Crippen LogP contribution in [0.1, 0.15) is 4.88 Å². The van der Waals surface area contributed by atoms with Crippen molar-refractivity contribution in [2.45, 2.75) is 0 Å². The Labute approximate surface area is 159 Å². The summed E-state index contributed by atoms with van der Waals surface area (Å²) in [4.78, 5) is 24.8. The van der Waals surface area contributed by atoms with Crippen LogP contribution in [0.15, 0.2) is 66.7 Å². The van der Waals surface area contributed by atoms with Gasteiger partial charge in [-0.05, 0) is 54.1 Å². The first-order chi connectivity index (χ1) is 13.0. The Morgan fingerprint density at radius 2 is 1.67 bits per heavy atom. The van der Waals surface area contributed by atoms with E-state index in [1.807, 2.05) is 12.1 Å². The number of halogens is 1. The second kappa shape index (κ2) is 8.29. The molecule has 0 aliphatic carbocycles. The fourth-order valence-corrected chi connectivity index (χ4v) is 3.29. The van der Waals surface area contributed by atoms with E-state index < -0.39 is 6.03 Å². The summed E-state index contributed by atoms with van der Waals surface area (Å²) in [5, 5.41) is 5.16. The summed E-state index contributed by atoms with van der Waals surface area (Å²) in [6, 6.07) is 16.1. The summed E-state index contributed by atoms with van der Waals surface area (Å²) in [5.41, 5.74) is 7.02. The molecule has 0 unspecified atom stereocenters. The van der Waals surface area contributed by atoms with Crippen LogP contribution in [-0.2, 0) is 4.79 Å². The van der Waals surface area contributed by atoms with E-state index in [0.29, 0.717) is 11.4 Å². The Morgan fingerprint density at radius 3 is 2.37 bits per heavy atom. The van der Waals surface area contributed by atoms with Crippen LogP contribution in [0.2, 0.25) is 0 Å². The molecule has 1 aromatic heterocycles. The van der Waals surface area contributed by atoms with Gasteiger partial charge in [-0.2, -0.15) is 0 Å². The Hall–Kier alpha value is -3.45. The predicted octanol–water partition coefficient (Wildman–Crippen LogP) is 4.70. The highest BCUT2D eigenvalue weighted by Gasteiger charge is 2.04. The Morgan fingerprint density at radius 1 is 0.963 bits per heavy atom. The fraction of sp³-hybridized carbons (Fsp3) is 0. The second-order valence-electron chi connectivity index (χ2n) is 5.60. The number of rotatable bonds is 5. The molecule has 0 saturated heterocycles. The number of hydrogen-bond donors (Lipinski definition) is 3. The number of carbonyl (C=O) groups excluding carboxylic acids is 2. The van der Waals surface area contributed by atoms with Crippen LogP contribution in [0.5, 0.6) is 0 Å². The van der Waals surface area contributed by atoms with E-state index in [2.05, 4.69) is 10.6 Å². The Kier molecular flexibility index (Phi) is 5.63. The molecule has 0 aliphatic heterocycles. The highest BCUT2D eigenvalue weighted by Crippen LogP contribution is 2.29. The first-order valence-electron chi connectivity index (χ1n) is 8.01. The number of nitrogens with two attached hydrogens (primary N) is 1. The molecule has 1 heterocycles. The van der Waals surface area contributed by atoms with Gasteiger partial charge < -0.3 is 16.4 Å². The van der Waals surface area contributed by atoms with E-state index in [0.717, 1.165) is 15.3 Å². The molecule has 0 fully saturated rings. The van der Waals surface area contributed by atoms with Crippen molar-refractivity contribution in [1.29, 1.82) is 0 Å². The first-order valence-corrected chi connectivity index (χ1v) is 8.82. The minimum atomic E-state index is -0.673. The van der Waals surface area contributed by atoms with Gasteiger partial charge in [0.15, 0.2) is 0 Å². The van der Waals surface area contributed by atoms with Gasteiger partial charge in [-0.1, -0.05) is 18.2 Å². The zero-order valence-electron chi connectivity index (χ0n) is 14.1.